The minimum Gasteiger partial charge on any atom is -0.457 e. The van der Waals surface area contributed by atoms with Crippen LogP contribution in [0.5, 0.6) is 11.5 Å². The summed E-state index contributed by atoms with van der Waals surface area (Å²) in [5.74, 6) is 1.65. The molecular formula is C20H24ClNO. The molecule has 0 amide bonds. The Kier molecular flexibility index (Phi) is 4.39. The van der Waals surface area contributed by atoms with Crippen LogP contribution in [0.4, 0.5) is 0 Å². The van der Waals surface area contributed by atoms with Gasteiger partial charge in [-0.25, -0.2) is 0 Å². The molecule has 3 heteroatoms. The van der Waals surface area contributed by atoms with E-state index in [4.69, 9.17) is 16.3 Å². The molecule has 1 aliphatic rings. The van der Waals surface area contributed by atoms with E-state index in [2.05, 4.69) is 50.8 Å². The SMILES string of the molecule is CC1Cc2cc(Oc3cccc(Cl)c3)ccc2CN1C(C)(C)C. The summed E-state index contributed by atoms with van der Waals surface area (Å²) >= 11 is 6.02. The van der Waals surface area contributed by atoms with Gasteiger partial charge in [0.05, 0.1) is 0 Å². The number of benzene rings is 2. The van der Waals surface area contributed by atoms with Crippen molar-refractivity contribution in [2.75, 3.05) is 0 Å². The molecule has 1 unspecified atom stereocenters. The molecule has 2 aromatic carbocycles. The first-order valence-corrected chi connectivity index (χ1v) is 8.53. The number of nitrogens with zero attached hydrogens (tertiary/aromatic N) is 1. The van der Waals surface area contributed by atoms with Gasteiger partial charge in [-0.3, -0.25) is 4.90 Å². The molecule has 0 spiro atoms. The predicted octanol–water partition coefficient (Wildman–Crippen LogP) is 5.68. The molecule has 23 heavy (non-hydrogen) atoms. The molecule has 0 radical (unpaired) electrons. The van der Waals surface area contributed by atoms with Crippen LogP contribution in [0, 0.1) is 0 Å². The molecule has 0 fully saturated rings. The average molecular weight is 330 g/mol. The van der Waals surface area contributed by atoms with Gasteiger partial charge in [0.1, 0.15) is 11.5 Å². The highest BCUT2D eigenvalue weighted by Crippen LogP contribution is 2.33. The second-order valence-corrected chi connectivity index (χ2v) is 7.78. The van der Waals surface area contributed by atoms with Gasteiger partial charge < -0.3 is 4.74 Å². The molecule has 1 aliphatic heterocycles. The Bertz CT molecular complexity index is 705. The molecule has 0 saturated heterocycles. The van der Waals surface area contributed by atoms with Crippen LogP contribution in [0.1, 0.15) is 38.8 Å². The monoisotopic (exact) mass is 329 g/mol. The van der Waals surface area contributed by atoms with Gasteiger partial charge in [0.25, 0.3) is 0 Å². The molecule has 0 N–H and O–H groups in total. The zero-order chi connectivity index (χ0) is 16.6. The summed E-state index contributed by atoms with van der Waals surface area (Å²) in [6, 6.07) is 14.5. The summed E-state index contributed by atoms with van der Waals surface area (Å²) in [7, 11) is 0. The van der Waals surface area contributed by atoms with Crippen LogP contribution in [0.15, 0.2) is 42.5 Å². The van der Waals surface area contributed by atoms with E-state index in [1.54, 1.807) is 0 Å². The minimum absolute atomic E-state index is 0.188. The van der Waals surface area contributed by atoms with Crippen molar-refractivity contribution in [1.82, 2.24) is 4.90 Å². The molecule has 0 aromatic heterocycles. The Morgan fingerprint density at radius 3 is 2.48 bits per heavy atom. The maximum Gasteiger partial charge on any atom is 0.128 e. The predicted molar refractivity (Wildman–Crippen MR) is 96.4 cm³/mol. The van der Waals surface area contributed by atoms with E-state index in [0.29, 0.717) is 11.1 Å². The van der Waals surface area contributed by atoms with Crippen molar-refractivity contribution >= 4 is 11.6 Å². The van der Waals surface area contributed by atoms with Crippen LogP contribution in [0.25, 0.3) is 0 Å². The van der Waals surface area contributed by atoms with Gasteiger partial charge in [0.2, 0.25) is 0 Å². The number of rotatable bonds is 2. The van der Waals surface area contributed by atoms with Crippen LogP contribution in [-0.4, -0.2) is 16.5 Å². The Morgan fingerprint density at radius 1 is 1.04 bits per heavy atom. The lowest BCUT2D eigenvalue weighted by Gasteiger charge is -2.44. The highest BCUT2D eigenvalue weighted by Gasteiger charge is 2.30. The van der Waals surface area contributed by atoms with Gasteiger partial charge >= 0.3 is 0 Å². The van der Waals surface area contributed by atoms with Crippen LogP contribution in [-0.2, 0) is 13.0 Å². The van der Waals surface area contributed by atoms with Crippen molar-refractivity contribution in [1.29, 1.82) is 0 Å². The molecule has 1 heterocycles. The Morgan fingerprint density at radius 2 is 1.78 bits per heavy atom. The van der Waals surface area contributed by atoms with Crippen molar-refractivity contribution in [2.45, 2.75) is 52.2 Å². The van der Waals surface area contributed by atoms with Crippen LogP contribution >= 0.6 is 11.6 Å². The number of ether oxygens (including phenoxy) is 1. The Hall–Kier alpha value is -1.51. The number of fused-ring (bicyclic) bond motifs is 1. The third kappa shape index (κ3) is 3.70. The van der Waals surface area contributed by atoms with Crippen molar-refractivity contribution in [3.8, 4) is 11.5 Å². The van der Waals surface area contributed by atoms with Crippen molar-refractivity contribution in [3.63, 3.8) is 0 Å². The van der Waals surface area contributed by atoms with Crippen molar-refractivity contribution < 1.29 is 4.74 Å². The van der Waals surface area contributed by atoms with Gasteiger partial charge in [-0.05, 0) is 75.6 Å². The van der Waals surface area contributed by atoms with Gasteiger partial charge in [-0.15, -0.1) is 0 Å². The van der Waals surface area contributed by atoms with E-state index >= 15 is 0 Å². The van der Waals surface area contributed by atoms with E-state index in [1.807, 2.05) is 24.3 Å². The number of hydrogen-bond acceptors (Lipinski definition) is 2. The van der Waals surface area contributed by atoms with Crippen molar-refractivity contribution in [3.05, 3.63) is 58.6 Å². The van der Waals surface area contributed by atoms with Crippen LogP contribution in [0.2, 0.25) is 5.02 Å². The number of halogens is 1. The van der Waals surface area contributed by atoms with Crippen molar-refractivity contribution in [2.24, 2.45) is 0 Å². The lowest BCUT2D eigenvalue weighted by atomic mass is 9.90. The fraction of sp³-hybridized carbons (Fsp3) is 0.400. The third-order valence-electron chi connectivity index (χ3n) is 4.46. The van der Waals surface area contributed by atoms with Gasteiger partial charge in [0.15, 0.2) is 0 Å². The summed E-state index contributed by atoms with van der Waals surface area (Å²) in [5, 5.41) is 0.690. The van der Waals surface area contributed by atoms with E-state index in [1.165, 1.54) is 11.1 Å². The maximum atomic E-state index is 6.02. The lowest BCUT2D eigenvalue weighted by molar-refractivity contribution is 0.0719. The average Bonchev–Trinajstić information content (AvgIpc) is 2.45. The second-order valence-electron chi connectivity index (χ2n) is 7.34. The van der Waals surface area contributed by atoms with Crippen LogP contribution in [0.3, 0.4) is 0 Å². The minimum atomic E-state index is 0.188. The highest BCUT2D eigenvalue weighted by atomic mass is 35.5. The second kappa shape index (κ2) is 6.18. The highest BCUT2D eigenvalue weighted by molar-refractivity contribution is 6.30. The fourth-order valence-corrected chi connectivity index (χ4v) is 3.52. The smallest absolute Gasteiger partial charge is 0.128 e. The first-order chi connectivity index (χ1) is 10.8. The first kappa shape index (κ1) is 16.4. The Labute approximate surface area is 144 Å². The van der Waals surface area contributed by atoms with Gasteiger partial charge in [-0.1, -0.05) is 23.7 Å². The van der Waals surface area contributed by atoms with E-state index in [9.17, 15) is 0 Å². The summed E-state index contributed by atoms with van der Waals surface area (Å²) in [6.45, 7) is 10.2. The summed E-state index contributed by atoms with van der Waals surface area (Å²) in [5.41, 5.74) is 2.97. The van der Waals surface area contributed by atoms with Crippen LogP contribution < -0.4 is 4.74 Å². The van der Waals surface area contributed by atoms with Gasteiger partial charge in [0, 0.05) is 23.1 Å². The molecule has 2 nitrogen and oxygen atoms in total. The maximum absolute atomic E-state index is 6.02. The molecule has 1 atom stereocenters. The largest absolute Gasteiger partial charge is 0.457 e. The number of hydrogen-bond donors (Lipinski definition) is 0. The van der Waals surface area contributed by atoms with E-state index in [0.717, 1.165) is 24.5 Å². The first-order valence-electron chi connectivity index (χ1n) is 8.15. The van der Waals surface area contributed by atoms with Gasteiger partial charge in [-0.2, -0.15) is 0 Å². The fourth-order valence-electron chi connectivity index (χ4n) is 3.34. The summed E-state index contributed by atoms with van der Waals surface area (Å²) in [4.78, 5) is 2.56. The molecule has 0 saturated carbocycles. The molecule has 0 aliphatic carbocycles. The molecule has 0 bridgehead atoms. The zero-order valence-electron chi connectivity index (χ0n) is 14.3. The molecule has 3 rings (SSSR count). The Balaban J connectivity index is 1.82. The van der Waals surface area contributed by atoms with E-state index < -0.39 is 0 Å². The van der Waals surface area contributed by atoms with E-state index in [-0.39, 0.29) is 5.54 Å². The lowest BCUT2D eigenvalue weighted by Crippen LogP contribution is -2.49. The molecule has 122 valence electrons. The molecular weight excluding hydrogens is 306 g/mol. The normalized spacial score (nSPS) is 18.6. The topological polar surface area (TPSA) is 12.5 Å². The standard InChI is InChI=1S/C20H24ClNO/c1-14-10-16-11-19(23-18-7-5-6-17(21)12-18)9-8-15(16)13-22(14)20(2,3)4/h5-9,11-12,14H,10,13H2,1-4H3. The third-order valence-corrected chi connectivity index (χ3v) is 4.69. The molecule has 2 aromatic rings. The summed E-state index contributed by atoms with van der Waals surface area (Å²) < 4.78 is 5.96. The zero-order valence-corrected chi connectivity index (χ0v) is 15.0. The summed E-state index contributed by atoms with van der Waals surface area (Å²) in [6.07, 6.45) is 1.05. The quantitative estimate of drug-likeness (QED) is 0.703.